The van der Waals surface area contributed by atoms with E-state index in [1.54, 1.807) is 11.9 Å². The van der Waals surface area contributed by atoms with Gasteiger partial charge in [-0.05, 0) is 31.5 Å². The van der Waals surface area contributed by atoms with Crippen LogP contribution in [0.3, 0.4) is 0 Å². The Labute approximate surface area is 112 Å². The van der Waals surface area contributed by atoms with Gasteiger partial charge in [-0.2, -0.15) is 0 Å². The molecule has 0 radical (unpaired) electrons. The van der Waals surface area contributed by atoms with Crippen molar-refractivity contribution in [2.75, 3.05) is 25.3 Å². The Morgan fingerprint density at radius 3 is 3.05 bits per heavy atom. The molecule has 1 unspecified atom stereocenters. The molecule has 3 rings (SSSR count). The Hall–Kier alpha value is -1.75. The number of nitrogens with zero attached hydrogens (tertiary/aromatic N) is 1. The highest BCUT2D eigenvalue weighted by atomic mass is 16.7. The van der Waals surface area contributed by atoms with Crippen molar-refractivity contribution < 1.29 is 14.3 Å². The number of rotatable bonds is 3. The maximum absolute atomic E-state index is 12.2. The maximum Gasteiger partial charge on any atom is 0.231 e. The van der Waals surface area contributed by atoms with Crippen molar-refractivity contribution in [2.45, 2.75) is 25.3 Å². The molecule has 2 aliphatic heterocycles. The van der Waals surface area contributed by atoms with Crippen LogP contribution >= 0.6 is 0 Å². The van der Waals surface area contributed by atoms with Gasteiger partial charge >= 0.3 is 0 Å². The van der Waals surface area contributed by atoms with Gasteiger partial charge < -0.3 is 19.7 Å². The monoisotopic (exact) mass is 262 g/mol. The van der Waals surface area contributed by atoms with E-state index in [2.05, 4.69) is 5.32 Å². The molecule has 2 heterocycles. The summed E-state index contributed by atoms with van der Waals surface area (Å²) in [6.45, 7) is 1.27. The van der Waals surface area contributed by atoms with Crippen molar-refractivity contribution in [2.24, 2.45) is 0 Å². The molecule has 1 aromatic carbocycles. The minimum absolute atomic E-state index is 0.123. The minimum Gasteiger partial charge on any atom is -0.454 e. The van der Waals surface area contributed by atoms with E-state index in [9.17, 15) is 4.79 Å². The van der Waals surface area contributed by atoms with Crippen LogP contribution in [0.15, 0.2) is 18.2 Å². The standard InChI is InChI=1S/C14H18N2O3/c1-16(14(17)7-10-3-2-6-15-10)11-4-5-12-13(8-11)19-9-18-12/h4-5,8,10,15H,2-3,6-7,9H2,1H3. The van der Waals surface area contributed by atoms with Crippen LogP contribution in [0.25, 0.3) is 0 Å². The second kappa shape index (κ2) is 5.09. The molecule has 1 fully saturated rings. The highest BCUT2D eigenvalue weighted by Crippen LogP contribution is 2.35. The Balaban J connectivity index is 1.68. The molecule has 0 bridgehead atoms. The Morgan fingerprint density at radius 2 is 2.26 bits per heavy atom. The number of benzene rings is 1. The van der Waals surface area contributed by atoms with Crippen molar-refractivity contribution in [1.82, 2.24) is 5.32 Å². The van der Waals surface area contributed by atoms with Crippen LogP contribution < -0.4 is 19.7 Å². The van der Waals surface area contributed by atoms with E-state index in [0.717, 1.165) is 30.8 Å². The first kappa shape index (κ1) is 12.3. The summed E-state index contributed by atoms with van der Waals surface area (Å²) < 4.78 is 10.6. The lowest BCUT2D eigenvalue weighted by Crippen LogP contribution is -2.33. The molecule has 0 spiro atoms. The predicted octanol–water partition coefficient (Wildman–Crippen LogP) is 1.52. The number of anilines is 1. The summed E-state index contributed by atoms with van der Waals surface area (Å²) in [5.74, 6) is 1.57. The third-order valence-electron chi connectivity index (χ3n) is 3.70. The first-order chi connectivity index (χ1) is 9.24. The number of hydrogen-bond donors (Lipinski definition) is 1. The van der Waals surface area contributed by atoms with E-state index in [1.165, 1.54) is 0 Å². The molecule has 0 aliphatic carbocycles. The number of nitrogens with one attached hydrogen (secondary N) is 1. The molecule has 1 atom stereocenters. The normalized spacial score (nSPS) is 20.6. The maximum atomic E-state index is 12.2. The van der Waals surface area contributed by atoms with Gasteiger partial charge in [-0.3, -0.25) is 4.79 Å². The molecule has 1 N–H and O–H groups in total. The smallest absolute Gasteiger partial charge is 0.231 e. The van der Waals surface area contributed by atoms with Gasteiger partial charge in [0.1, 0.15) is 0 Å². The average Bonchev–Trinajstić information content (AvgIpc) is 3.07. The van der Waals surface area contributed by atoms with Gasteiger partial charge in [-0.25, -0.2) is 0 Å². The van der Waals surface area contributed by atoms with Crippen molar-refractivity contribution in [3.8, 4) is 11.5 Å². The van der Waals surface area contributed by atoms with Crippen molar-refractivity contribution >= 4 is 11.6 Å². The van der Waals surface area contributed by atoms with Crippen LogP contribution in [0, 0.1) is 0 Å². The fourth-order valence-electron chi connectivity index (χ4n) is 2.52. The average molecular weight is 262 g/mol. The van der Waals surface area contributed by atoms with E-state index in [-0.39, 0.29) is 12.7 Å². The minimum atomic E-state index is 0.123. The Bertz CT molecular complexity index is 484. The predicted molar refractivity (Wildman–Crippen MR) is 71.6 cm³/mol. The molecule has 5 nitrogen and oxygen atoms in total. The van der Waals surface area contributed by atoms with Crippen LogP contribution in [-0.2, 0) is 4.79 Å². The lowest BCUT2D eigenvalue weighted by molar-refractivity contribution is -0.118. The number of carbonyl (C=O) groups is 1. The highest BCUT2D eigenvalue weighted by molar-refractivity contribution is 5.93. The van der Waals surface area contributed by atoms with Crippen LogP contribution in [0.5, 0.6) is 11.5 Å². The van der Waals surface area contributed by atoms with Crippen molar-refractivity contribution in [3.05, 3.63) is 18.2 Å². The molecular formula is C14H18N2O3. The van der Waals surface area contributed by atoms with Crippen molar-refractivity contribution in [1.29, 1.82) is 0 Å². The second-order valence-electron chi connectivity index (χ2n) is 4.99. The summed E-state index contributed by atoms with van der Waals surface area (Å²) >= 11 is 0. The van der Waals surface area contributed by atoms with E-state index in [4.69, 9.17) is 9.47 Å². The first-order valence-corrected chi connectivity index (χ1v) is 6.63. The molecular weight excluding hydrogens is 244 g/mol. The van der Waals surface area contributed by atoms with Gasteiger partial charge in [-0.1, -0.05) is 0 Å². The summed E-state index contributed by atoms with van der Waals surface area (Å²) in [6.07, 6.45) is 2.79. The SMILES string of the molecule is CN(C(=O)CC1CCCN1)c1ccc2c(c1)OCO2. The molecule has 1 saturated heterocycles. The largest absolute Gasteiger partial charge is 0.454 e. The van der Waals surface area contributed by atoms with Gasteiger partial charge in [0.2, 0.25) is 12.7 Å². The fourth-order valence-corrected chi connectivity index (χ4v) is 2.52. The number of amides is 1. The molecule has 19 heavy (non-hydrogen) atoms. The van der Waals surface area contributed by atoms with Gasteiger partial charge in [-0.15, -0.1) is 0 Å². The molecule has 5 heteroatoms. The fraction of sp³-hybridized carbons (Fsp3) is 0.500. The molecule has 2 aliphatic rings. The zero-order valence-corrected chi connectivity index (χ0v) is 11.0. The van der Waals surface area contributed by atoms with Gasteiger partial charge in [0.25, 0.3) is 0 Å². The first-order valence-electron chi connectivity index (χ1n) is 6.63. The number of ether oxygens (including phenoxy) is 2. The van der Waals surface area contributed by atoms with Crippen LogP contribution in [0.1, 0.15) is 19.3 Å². The van der Waals surface area contributed by atoms with Crippen LogP contribution in [-0.4, -0.2) is 32.3 Å². The van der Waals surface area contributed by atoms with E-state index >= 15 is 0 Å². The third-order valence-corrected chi connectivity index (χ3v) is 3.70. The number of carbonyl (C=O) groups excluding carboxylic acids is 1. The Kier molecular flexibility index (Phi) is 3.29. The molecule has 1 amide bonds. The zero-order chi connectivity index (χ0) is 13.2. The summed E-state index contributed by atoms with van der Waals surface area (Å²) in [6, 6.07) is 5.90. The van der Waals surface area contributed by atoms with E-state index in [1.807, 2.05) is 18.2 Å². The summed E-state index contributed by atoms with van der Waals surface area (Å²) in [4.78, 5) is 13.9. The van der Waals surface area contributed by atoms with E-state index < -0.39 is 0 Å². The quantitative estimate of drug-likeness (QED) is 0.897. The van der Waals surface area contributed by atoms with Crippen molar-refractivity contribution in [3.63, 3.8) is 0 Å². The summed E-state index contributed by atoms with van der Waals surface area (Å²) in [5.41, 5.74) is 0.840. The number of fused-ring (bicyclic) bond motifs is 1. The van der Waals surface area contributed by atoms with Crippen LogP contribution in [0.4, 0.5) is 5.69 Å². The highest BCUT2D eigenvalue weighted by Gasteiger charge is 2.22. The molecule has 1 aromatic rings. The van der Waals surface area contributed by atoms with Gasteiger partial charge in [0.15, 0.2) is 11.5 Å². The molecule has 0 saturated carbocycles. The lowest BCUT2D eigenvalue weighted by atomic mass is 10.1. The molecule has 102 valence electrons. The molecule has 0 aromatic heterocycles. The van der Waals surface area contributed by atoms with Gasteiger partial charge in [0, 0.05) is 31.3 Å². The zero-order valence-electron chi connectivity index (χ0n) is 11.0. The van der Waals surface area contributed by atoms with Gasteiger partial charge in [0.05, 0.1) is 0 Å². The summed E-state index contributed by atoms with van der Waals surface area (Å²) in [7, 11) is 1.80. The summed E-state index contributed by atoms with van der Waals surface area (Å²) in [5, 5.41) is 3.34. The number of hydrogen-bond acceptors (Lipinski definition) is 4. The lowest BCUT2D eigenvalue weighted by Gasteiger charge is -2.19. The Morgan fingerprint density at radius 1 is 1.42 bits per heavy atom. The second-order valence-corrected chi connectivity index (χ2v) is 4.99. The topological polar surface area (TPSA) is 50.8 Å². The third kappa shape index (κ3) is 2.51. The van der Waals surface area contributed by atoms with E-state index in [0.29, 0.717) is 18.2 Å². The van der Waals surface area contributed by atoms with Crippen LogP contribution in [0.2, 0.25) is 0 Å².